The van der Waals surface area contributed by atoms with Crippen LogP contribution in [0.4, 0.5) is 15.8 Å². The molecular weight excluding hydrogens is 205 g/mol. The molecule has 1 aliphatic heterocycles. The van der Waals surface area contributed by atoms with Crippen molar-refractivity contribution in [2.45, 2.75) is 0 Å². The third kappa shape index (κ3) is 2.27. The lowest BCUT2D eigenvalue weighted by atomic mass is 10.2. The number of nitrogens with one attached hydrogen (secondary N) is 1. The van der Waals surface area contributed by atoms with Crippen LogP contribution in [0.1, 0.15) is 0 Å². The molecule has 3 nitrogen and oxygen atoms in total. The molecule has 2 rings (SSSR count). The van der Waals surface area contributed by atoms with Gasteiger partial charge in [-0.05, 0) is 25.2 Å². The van der Waals surface area contributed by atoms with E-state index in [0.29, 0.717) is 5.69 Å². The van der Waals surface area contributed by atoms with Crippen molar-refractivity contribution in [1.29, 1.82) is 0 Å². The summed E-state index contributed by atoms with van der Waals surface area (Å²) in [5.74, 6) is -0.182. The first-order valence-corrected chi connectivity index (χ1v) is 5.61. The molecule has 0 amide bonds. The largest absolute Gasteiger partial charge is 0.386 e. The Morgan fingerprint density at radius 3 is 2.44 bits per heavy atom. The van der Waals surface area contributed by atoms with Gasteiger partial charge in [0.25, 0.3) is 0 Å². The third-order valence-corrected chi connectivity index (χ3v) is 3.09. The van der Waals surface area contributed by atoms with Crippen LogP contribution in [0.3, 0.4) is 0 Å². The molecule has 0 unspecified atom stereocenters. The molecule has 1 N–H and O–H groups in total. The first-order chi connectivity index (χ1) is 7.70. The van der Waals surface area contributed by atoms with Gasteiger partial charge in [-0.2, -0.15) is 0 Å². The lowest BCUT2D eigenvalue weighted by Crippen LogP contribution is -2.44. The van der Waals surface area contributed by atoms with Gasteiger partial charge in [-0.15, -0.1) is 0 Å². The van der Waals surface area contributed by atoms with E-state index in [0.717, 1.165) is 31.9 Å². The summed E-state index contributed by atoms with van der Waals surface area (Å²) in [5.41, 5.74) is 1.53. The van der Waals surface area contributed by atoms with Crippen LogP contribution in [0.15, 0.2) is 18.2 Å². The summed E-state index contributed by atoms with van der Waals surface area (Å²) < 4.78 is 13.6. The van der Waals surface area contributed by atoms with Crippen molar-refractivity contribution in [2.75, 3.05) is 50.5 Å². The number of hydrogen-bond acceptors (Lipinski definition) is 3. The van der Waals surface area contributed by atoms with E-state index >= 15 is 0 Å². The highest BCUT2D eigenvalue weighted by Gasteiger charge is 2.15. The molecule has 1 saturated heterocycles. The van der Waals surface area contributed by atoms with E-state index in [9.17, 15) is 4.39 Å². The molecule has 1 heterocycles. The molecule has 0 saturated carbocycles. The van der Waals surface area contributed by atoms with E-state index in [1.807, 2.05) is 6.07 Å². The third-order valence-electron chi connectivity index (χ3n) is 3.09. The van der Waals surface area contributed by atoms with Crippen molar-refractivity contribution in [1.82, 2.24) is 4.90 Å². The van der Waals surface area contributed by atoms with Crippen molar-refractivity contribution < 1.29 is 4.39 Å². The van der Waals surface area contributed by atoms with Crippen molar-refractivity contribution in [2.24, 2.45) is 0 Å². The second-order valence-corrected chi connectivity index (χ2v) is 4.20. The molecule has 0 bridgehead atoms. The van der Waals surface area contributed by atoms with Crippen LogP contribution in [0.25, 0.3) is 0 Å². The number of rotatable bonds is 2. The van der Waals surface area contributed by atoms with E-state index in [4.69, 9.17) is 0 Å². The minimum atomic E-state index is -0.182. The smallest absolute Gasteiger partial charge is 0.148 e. The summed E-state index contributed by atoms with van der Waals surface area (Å²) >= 11 is 0. The summed E-state index contributed by atoms with van der Waals surface area (Å²) in [7, 11) is 3.84. The molecule has 0 atom stereocenters. The van der Waals surface area contributed by atoms with Gasteiger partial charge in [0.15, 0.2) is 0 Å². The lowest BCUT2D eigenvalue weighted by molar-refractivity contribution is 0.313. The van der Waals surface area contributed by atoms with Gasteiger partial charge < -0.3 is 15.1 Å². The van der Waals surface area contributed by atoms with Gasteiger partial charge in [0.1, 0.15) is 5.82 Å². The summed E-state index contributed by atoms with van der Waals surface area (Å²) in [6.45, 7) is 4.01. The fourth-order valence-electron chi connectivity index (χ4n) is 1.97. The van der Waals surface area contributed by atoms with Crippen LogP contribution >= 0.6 is 0 Å². The van der Waals surface area contributed by atoms with E-state index in [2.05, 4.69) is 22.2 Å². The zero-order chi connectivity index (χ0) is 11.5. The minimum Gasteiger partial charge on any atom is -0.386 e. The Morgan fingerprint density at radius 1 is 1.19 bits per heavy atom. The second-order valence-electron chi connectivity index (χ2n) is 4.20. The summed E-state index contributed by atoms with van der Waals surface area (Å²) in [6.07, 6.45) is 0. The molecule has 88 valence electrons. The van der Waals surface area contributed by atoms with Crippen molar-refractivity contribution in [3.63, 3.8) is 0 Å². The highest BCUT2D eigenvalue weighted by atomic mass is 19.1. The molecule has 0 aromatic heterocycles. The minimum absolute atomic E-state index is 0.182. The molecule has 16 heavy (non-hydrogen) atoms. The monoisotopic (exact) mass is 223 g/mol. The maximum Gasteiger partial charge on any atom is 0.148 e. The van der Waals surface area contributed by atoms with Gasteiger partial charge in [-0.1, -0.05) is 0 Å². The molecule has 0 aliphatic carbocycles. The molecule has 1 aromatic rings. The van der Waals surface area contributed by atoms with Crippen LogP contribution < -0.4 is 10.2 Å². The standard InChI is InChI=1S/C12H18FN3/c1-14-12-4-3-10(9-11(12)13)16-7-5-15(2)6-8-16/h3-4,9,14H,5-8H2,1-2H3. The fraction of sp³-hybridized carbons (Fsp3) is 0.500. The van der Waals surface area contributed by atoms with Gasteiger partial charge in [-0.3, -0.25) is 0 Å². The van der Waals surface area contributed by atoms with Gasteiger partial charge >= 0.3 is 0 Å². The van der Waals surface area contributed by atoms with Crippen molar-refractivity contribution >= 4 is 11.4 Å². The average molecular weight is 223 g/mol. The summed E-state index contributed by atoms with van der Waals surface area (Å²) in [6, 6.07) is 5.38. The first kappa shape index (κ1) is 11.2. The second kappa shape index (κ2) is 4.70. The van der Waals surface area contributed by atoms with Gasteiger partial charge in [0.05, 0.1) is 5.69 Å². The molecule has 4 heteroatoms. The zero-order valence-electron chi connectivity index (χ0n) is 9.83. The van der Waals surface area contributed by atoms with E-state index in [1.165, 1.54) is 0 Å². The van der Waals surface area contributed by atoms with Crippen LogP contribution in [-0.4, -0.2) is 45.2 Å². The number of likely N-dealkylation sites (N-methyl/N-ethyl adjacent to an activating group) is 1. The van der Waals surface area contributed by atoms with Crippen LogP contribution in [-0.2, 0) is 0 Å². The van der Waals surface area contributed by atoms with E-state index in [-0.39, 0.29) is 5.82 Å². The van der Waals surface area contributed by atoms with Crippen molar-refractivity contribution in [3.05, 3.63) is 24.0 Å². The number of anilines is 2. The SMILES string of the molecule is CNc1ccc(N2CCN(C)CC2)cc1F. The predicted octanol–water partition coefficient (Wildman–Crippen LogP) is 1.62. The Hall–Kier alpha value is -1.29. The highest BCUT2D eigenvalue weighted by Crippen LogP contribution is 2.22. The normalized spacial score (nSPS) is 17.6. The number of hydrogen-bond donors (Lipinski definition) is 1. The number of halogens is 1. The van der Waals surface area contributed by atoms with Crippen molar-refractivity contribution in [3.8, 4) is 0 Å². The maximum absolute atomic E-state index is 13.6. The molecule has 1 aliphatic rings. The predicted molar refractivity (Wildman–Crippen MR) is 65.7 cm³/mol. The first-order valence-electron chi connectivity index (χ1n) is 5.61. The highest BCUT2D eigenvalue weighted by molar-refractivity contribution is 5.56. The Kier molecular flexibility index (Phi) is 3.29. The van der Waals surface area contributed by atoms with Crippen LogP contribution in [0.2, 0.25) is 0 Å². The summed E-state index contributed by atoms with van der Waals surface area (Å²) in [4.78, 5) is 4.51. The average Bonchev–Trinajstić information content (AvgIpc) is 2.30. The van der Waals surface area contributed by atoms with Gasteiger partial charge in [-0.25, -0.2) is 4.39 Å². The van der Waals surface area contributed by atoms with E-state index < -0.39 is 0 Å². The Bertz CT molecular complexity index is 359. The van der Waals surface area contributed by atoms with Crippen LogP contribution in [0.5, 0.6) is 0 Å². The maximum atomic E-state index is 13.6. The number of nitrogens with zero attached hydrogens (tertiary/aromatic N) is 2. The number of piperazine rings is 1. The zero-order valence-corrected chi connectivity index (χ0v) is 9.83. The lowest BCUT2D eigenvalue weighted by Gasteiger charge is -2.34. The topological polar surface area (TPSA) is 18.5 Å². The Labute approximate surface area is 95.9 Å². The molecule has 1 aromatic carbocycles. The molecule has 0 radical (unpaired) electrons. The van der Waals surface area contributed by atoms with Gasteiger partial charge in [0.2, 0.25) is 0 Å². The molecule has 1 fully saturated rings. The van der Waals surface area contributed by atoms with Crippen LogP contribution in [0, 0.1) is 5.82 Å². The molecular formula is C12H18FN3. The quantitative estimate of drug-likeness (QED) is 0.822. The summed E-state index contributed by atoms with van der Waals surface area (Å²) in [5, 5.41) is 2.83. The molecule has 0 spiro atoms. The fourth-order valence-corrected chi connectivity index (χ4v) is 1.97. The Balaban J connectivity index is 2.12. The Morgan fingerprint density at radius 2 is 1.88 bits per heavy atom. The van der Waals surface area contributed by atoms with E-state index in [1.54, 1.807) is 19.2 Å². The van der Waals surface area contributed by atoms with Gasteiger partial charge in [0, 0.05) is 38.9 Å². The number of benzene rings is 1.